The number of aryl methyl sites for hydroxylation is 2. The van der Waals surface area contributed by atoms with E-state index in [1.54, 1.807) is 12.3 Å². The second kappa shape index (κ2) is 8.60. The number of anilines is 4. The van der Waals surface area contributed by atoms with Crippen LogP contribution in [0.4, 0.5) is 23.1 Å². The van der Waals surface area contributed by atoms with Crippen LogP contribution in [0.5, 0.6) is 0 Å². The van der Waals surface area contributed by atoms with E-state index in [1.807, 2.05) is 62.4 Å². The number of nitrogens with zero attached hydrogens (tertiary/aromatic N) is 3. The lowest BCUT2D eigenvalue weighted by Crippen LogP contribution is -2.02. The van der Waals surface area contributed by atoms with E-state index in [9.17, 15) is 0 Å². The molecular formula is C22H20N6. The van der Waals surface area contributed by atoms with Crippen molar-refractivity contribution in [3.63, 3.8) is 0 Å². The number of rotatable bonds is 6. The quantitative estimate of drug-likeness (QED) is 0.415. The van der Waals surface area contributed by atoms with Gasteiger partial charge < -0.3 is 16.0 Å². The fourth-order valence-electron chi connectivity index (χ4n) is 2.83. The molecule has 1 aromatic heterocycles. The number of hydrogen-bond acceptors (Lipinski definition) is 6. The van der Waals surface area contributed by atoms with E-state index in [0.717, 1.165) is 33.6 Å². The van der Waals surface area contributed by atoms with Crippen LogP contribution in [0.3, 0.4) is 0 Å². The highest BCUT2D eigenvalue weighted by atomic mass is 15.1. The van der Waals surface area contributed by atoms with E-state index in [1.165, 1.54) is 12.3 Å². The molecule has 0 aliphatic heterocycles. The van der Waals surface area contributed by atoms with Crippen molar-refractivity contribution in [3.8, 4) is 6.07 Å². The third-order valence-electron chi connectivity index (χ3n) is 4.15. The summed E-state index contributed by atoms with van der Waals surface area (Å²) in [5.74, 6) is 1.16. The van der Waals surface area contributed by atoms with Crippen LogP contribution in [0.15, 0.2) is 54.7 Å². The van der Waals surface area contributed by atoms with Gasteiger partial charge in [0.15, 0.2) is 0 Å². The van der Waals surface area contributed by atoms with Crippen LogP contribution in [0.2, 0.25) is 0 Å². The Kier molecular flexibility index (Phi) is 5.78. The molecule has 3 aromatic rings. The fraction of sp³-hybridized carbons (Fsp3) is 0.0909. The predicted octanol–water partition coefficient (Wildman–Crippen LogP) is 5.12. The van der Waals surface area contributed by atoms with Crippen molar-refractivity contribution in [2.75, 3.05) is 10.6 Å². The second-order valence-corrected chi connectivity index (χ2v) is 6.27. The first kappa shape index (κ1) is 18.8. The van der Waals surface area contributed by atoms with Gasteiger partial charge in [0, 0.05) is 29.9 Å². The molecule has 0 fully saturated rings. The van der Waals surface area contributed by atoms with Crippen LogP contribution in [0.1, 0.15) is 22.3 Å². The number of benzene rings is 2. The molecule has 0 atom stereocenters. The molecule has 138 valence electrons. The molecule has 3 N–H and O–H groups in total. The molecule has 2 aromatic carbocycles. The largest absolute Gasteiger partial charge is 0.340 e. The molecule has 0 aliphatic carbocycles. The van der Waals surface area contributed by atoms with E-state index in [0.29, 0.717) is 11.8 Å². The standard InChI is InChI=1S/C22H20N6/c1-15-12-18(4-3-10-23)13-16(2)21(15)27-20-9-11-25-22(28-20)26-19-7-5-17(14-24)6-8-19/h3-9,11-14,24H,1-2H3,(H2,25,26,27,28)/b4-3+,24-14?. The summed E-state index contributed by atoms with van der Waals surface area (Å²) in [6.07, 6.45) is 6.26. The maximum Gasteiger partial charge on any atom is 0.229 e. The number of nitrogens with one attached hydrogen (secondary N) is 3. The topological polar surface area (TPSA) is 97.5 Å². The van der Waals surface area contributed by atoms with Crippen molar-refractivity contribution in [2.24, 2.45) is 0 Å². The average Bonchev–Trinajstić information content (AvgIpc) is 2.70. The van der Waals surface area contributed by atoms with Crippen molar-refractivity contribution < 1.29 is 0 Å². The molecule has 0 radical (unpaired) electrons. The lowest BCUT2D eigenvalue weighted by Gasteiger charge is -2.14. The smallest absolute Gasteiger partial charge is 0.229 e. The van der Waals surface area contributed by atoms with Gasteiger partial charge in [-0.05, 0) is 72.5 Å². The minimum atomic E-state index is 0.483. The van der Waals surface area contributed by atoms with Gasteiger partial charge in [0.1, 0.15) is 5.82 Å². The van der Waals surface area contributed by atoms with E-state index in [4.69, 9.17) is 10.7 Å². The molecule has 1 heterocycles. The molecule has 0 unspecified atom stereocenters. The molecule has 3 rings (SSSR count). The highest BCUT2D eigenvalue weighted by Gasteiger charge is 2.07. The van der Waals surface area contributed by atoms with Gasteiger partial charge >= 0.3 is 0 Å². The van der Waals surface area contributed by atoms with Gasteiger partial charge in [-0.15, -0.1) is 0 Å². The molecule has 0 aliphatic rings. The molecule has 0 saturated carbocycles. The Bertz CT molecular complexity index is 1040. The Hall–Kier alpha value is -3.98. The molecule has 28 heavy (non-hydrogen) atoms. The van der Waals surface area contributed by atoms with Crippen LogP contribution in [-0.2, 0) is 0 Å². The third kappa shape index (κ3) is 4.59. The summed E-state index contributed by atoms with van der Waals surface area (Å²) in [6, 6.07) is 15.3. The zero-order valence-electron chi connectivity index (χ0n) is 15.7. The summed E-state index contributed by atoms with van der Waals surface area (Å²) in [4.78, 5) is 8.79. The first-order chi connectivity index (χ1) is 13.6. The van der Waals surface area contributed by atoms with E-state index < -0.39 is 0 Å². The zero-order chi connectivity index (χ0) is 19.9. The monoisotopic (exact) mass is 368 g/mol. The van der Waals surface area contributed by atoms with Gasteiger partial charge in [0.25, 0.3) is 0 Å². The number of aromatic nitrogens is 2. The van der Waals surface area contributed by atoms with Crippen molar-refractivity contribution >= 4 is 35.4 Å². The van der Waals surface area contributed by atoms with Crippen molar-refractivity contribution in [2.45, 2.75) is 13.8 Å². The minimum Gasteiger partial charge on any atom is -0.340 e. The van der Waals surface area contributed by atoms with Gasteiger partial charge in [-0.25, -0.2) is 4.98 Å². The normalized spacial score (nSPS) is 10.5. The Labute approximate surface area is 164 Å². The van der Waals surface area contributed by atoms with Crippen molar-refractivity contribution in [1.82, 2.24) is 9.97 Å². The van der Waals surface area contributed by atoms with Crippen LogP contribution in [0.25, 0.3) is 6.08 Å². The first-order valence-corrected chi connectivity index (χ1v) is 8.74. The maximum absolute atomic E-state index is 8.69. The van der Waals surface area contributed by atoms with Crippen molar-refractivity contribution in [3.05, 3.63) is 77.0 Å². The maximum atomic E-state index is 8.69. The number of allylic oxidation sites excluding steroid dienone is 1. The Balaban J connectivity index is 1.80. The van der Waals surface area contributed by atoms with Crippen LogP contribution >= 0.6 is 0 Å². The predicted molar refractivity (Wildman–Crippen MR) is 113 cm³/mol. The number of hydrogen-bond donors (Lipinski definition) is 3. The van der Waals surface area contributed by atoms with Gasteiger partial charge in [0.2, 0.25) is 5.95 Å². The summed E-state index contributed by atoms with van der Waals surface area (Å²) < 4.78 is 0. The minimum absolute atomic E-state index is 0.483. The van der Waals surface area contributed by atoms with E-state index in [2.05, 4.69) is 20.6 Å². The van der Waals surface area contributed by atoms with Crippen LogP contribution < -0.4 is 10.6 Å². The van der Waals surface area contributed by atoms with Gasteiger partial charge in [-0.2, -0.15) is 10.2 Å². The molecule has 0 bridgehead atoms. The average molecular weight is 368 g/mol. The Morgan fingerprint density at radius 2 is 1.71 bits per heavy atom. The fourth-order valence-corrected chi connectivity index (χ4v) is 2.83. The molecular weight excluding hydrogens is 348 g/mol. The second-order valence-electron chi connectivity index (χ2n) is 6.27. The van der Waals surface area contributed by atoms with Crippen LogP contribution in [0, 0.1) is 30.6 Å². The summed E-state index contributed by atoms with van der Waals surface area (Å²) in [6.45, 7) is 4.04. The van der Waals surface area contributed by atoms with Gasteiger partial charge in [0.05, 0.1) is 6.07 Å². The molecule has 0 amide bonds. The lowest BCUT2D eigenvalue weighted by molar-refractivity contribution is 1.16. The van der Waals surface area contributed by atoms with E-state index in [-0.39, 0.29) is 0 Å². The van der Waals surface area contributed by atoms with E-state index >= 15 is 0 Å². The summed E-state index contributed by atoms with van der Waals surface area (Å²) in [7, 11) is 0. The molecule has 6 heteroatoms. The molecule has 0 spiro atoms. The van der Waals surface area contributed by atoms with Gasteiger partial charge in [-0.1, -0.05) is 12.1 Å². The summed E-state index contributed by atoms with van der Waals surface area (Å²) >= 11 is 0. The third-order valence-corrected chi connectivity index (χ3v) is 4.15. The highest BCUT2D eigenvalue weighted by molar-refractivity contribution is 5.78. The Morgan fingerprint density at radius 3 is 2.36 bits per heavy atom. The molecule has 6 nitrogen and oxygen atoms in total. The highest BCUT2D eigenvalue weighted by Crippen LogP contribution is 2.26. The lowest BCUT2D eigenvalue weighted by atomic mass is 10.0. The van der Waals surface area contributed by atoms with Gasteiger partial charge in [-0.3, -0.25) is 0 Å². The summed E-state index contributed by atoms with van der Waals surface area (Å²) in [5, 5.41) is 22.5. The summed E-state index contributed by atoms with van der Waals surface area (Å²) in [5.41, 5.74) is 5.78. The first-order valence-electron chi connectivity index (χ1n) is 8.74. The van der Waals surface area contributed by atoms with Crippen LogP contribution in [-0.4, -0.2) is 16.2 Å². The number of nitriles is 1. The SMILES string of the molecule is Cc1cc(/C=C/C#N)cc(C)c1Nc1ccnc(Nc2ccc(C=N)cc2)n1. The van der Waals surface area contributed by atoms with Crippen molar-refractivity contribution in [1.29, 1.82) is 10.7 Å². The molecule has 0 saturated heterocycles. The Morgan fingerprint density at radius 1 is 1.00 bits per heavy atom. The zero-order valence-corrected chi connectivity index (χ0v) is 15.7.